The molecule has 0 amide bonds. The standard InChI is InChI=1S/C22H24FN3O2/c1-15-5-4-6-17(11-15)21-18(13-25(3)12-16(2)22(27)28)14-26(24-21)20-9-7-19(23)8-10-20/h4-11,14,16H,12-13H2,1-3H3,(H,27,28). The fourth-order valence-corrected chi connectivity index (χ4v) is 3.19. The van der Waals surface area contributed by atoms with Gasteiger partial charge in [0.1, 0.15) is 5.82 Å². The van der Waals surface area contributed by atoms with Crippen molar-refractivity contribution in [2.24, 2.45) is 5.92 Å². The minimum absolute atomic E-state index is 0.294. The molecule has 0 radical (unpaired) electrons. The van der Waals surface area contributed by atoms with Gasteiger partial charge in [0.2, 0.25) is 0 Å². The molecule has 0 spiro atoms. The second kappa shape index (κ2) is 8.35. The smallest absolute Gasteiger partial charge is 0.307 e. The molecule has 2 aromatic carbocycles. The zero-order chi connectivity index (χ0) is 20.3. The number of hydrogen-bond donors (Lipinski definition) is 1. The van der Waals surface area contributed by atoms with Crippen LogP contribution in [0.4, 0.5) is 4.39 Å². The van der Waals surface area contributed by atoms with Crippen molar-refractivity contribution in [2.45, 2.75) is 20.4 Å². The molecular weight excluding hydrogens is 357 g/mol. The second-order valence-electron chi connectivity index (χ2n) is 7.23. The van der Waals surface area contributed by atoms with E-state index in [0.717, 1.165) is 28.1 Å². The van der Waals surface area contributed by atoms with Crippen molar-refractivity contribution in [3.8, 4) is 16.9 Å². The summed E-state index contributed by atoms with van der Waals surface area (Å²) in [4.78, 5) is 13.1. The molecule has 1 atom stereocenters. The number of hydrogen-bond acceptors (Lipinski definition) is 3. The lowest BCUT2D eigenvalue weighted by molar-refractivity contribution is -0.141. The Hall–Kier alpha value is -2.99. The fourth-order valence-electron chi connectivity index (χ4n) is 3.19. The van der Waals surface area contributed by atoms with E-state index in [-0.39, 0.29) is 5.82 Å². The minimum atomic E-state index is -0.812. The van der Waals surface area contributed by atoms with E-state index in [1.54, 1.807) is 23.7 Å². The number of rotatable bonds is 7. The van der Waals surface area contributed by atoms with Crippen LogP contribution in [0, 0.1) is 18.7 Å². The van der Waals surface area contributed by atoms with E-state index in [1.807, 2.05) is 43.3 Å². The maximum absolute atomic E-state index is 13.3. The molecule has 0 aliphatic carbocycles. The Morgan fingerprint density at radius 1 is 1.25 bits per heavy atom. The van der Waals surface area contributed by atoms with Crippen molar-refractivity contribution in [1.29, 1.82) is 0 Å². The summed E-state index contributed by atoms with van der Waals surface area (Å²) in [5.74, 6) is -1.57. The number of aliphatic carboxylic acids is 1. The quantitative estimate of drug-likeness (QED) is 0.668. The number of halogens is 1. The van der Waals surface area contributed by atoms with Gasteiger partial charge < -0.3 is 10.0 Å². The highest BCUT2D eigenvalue weighted by Gasteiger charge is 2.18. The van der Waals surface area contributed by atoms with E-state index in [0.29, 0.717) is 13.1 Å². The lowest BCUT2D eigenvalue weighted by atomic mass is 10.1. The molecule has 6 heteroatoms. The molecule has 0 bridgehead atoms. The van der Waals surface area contributed by atoms with Gasteiger partial charge in [0, 0.05) is 30.4 Å². The normalized spacial score (nSPS) is 12.3. The summed E-state index contributed by atoms with van der Waals surface area (Å²) < 4.78 is 15.0. The van der Waals surface area contributed by atoms with Crippen LogP contribution >= 0.6 is 0 Å². The second-order valence-corrected chi connectivity index (χ2v) is 7.23. The Balaban J connectivity index is 1.96. The Morgan fingerprint density at radius 2 is 1.96 bits per heavy atom. The molecule has 0 saturated heterocycles. The monoisotopic (exact) mass is 381 g/mol. The molecule has 28 heavy (non-hydrogen) atoms. The predicted molar refractivity (Wildman–Crippen MR) is 107 cm³/mol. The number of nitrogens with zero attached hydrogens (tertiary/aromatic N) is 3. The van der Waals surface area contributed by atoms with Crippen LogP contribution in [0.5, 0.6) is 0 Å². The van der Waals surface area contributed by atoms with E-state index in [9.17, 15) is 9.18 Å². The van der Waals surface area contributed by atoms with Crippen molar-refractivity contribution in [3.05, 3.63) is 71.7 Å². The molecular formula is C22H24FN3O2. The summed E-state index contributed by atoms with van der Waals surface area (Å²) in [5.41, 5.74) is 4.71. The number of carbonyl (C=O) groups is 1. The maximum Gasteiger partial charge on any atom is 0.307 e. The summed E-state index contributed by atoms with van der Waals surface area (Å²) in [6, 6.07) is 14.3. The van der Waals surface area contributed by atoms with Crippen LogP contribution in [0.2, 0.25) is 0 Å². The van der Waals surface area contributed by atoms with Gasteiger partial charge in [-0.05, 0) is 44.3 Å². The van der Waals surface area contributed by atoms with E-state index < -0.39 is 11.9 Å². The Labute approximate surface area is 164 Å². The lowest BCUT2D eigenvalue weighted by Gasteiger charge is -2.18. The van der Waals surface area contributed by atoms with Crippen molar-refractivity contribution >= 4 is 5.97 Å². The molecule has 1 N–H and O–H groups in total. The average molecular weight is 381 g/mol. The van der Waals surface area contributed by atoms with Gasteiger partial charge in [-0.1, -0.05) is 30.7 Å². The van der Waals surface area contributed by atoms with Crippen LogP contribution in [-0.4, -0.2) is 39.3 Å². The van der Waals surface area contributed by atoms with Gasteiger partial charge >= 0.3 is 5.97 Å². The SMILES string of the molecule is Cc1cccc(-c2nn(-c3ccc(F)cc3)cc2CN(C)CC(C)C(=O)O)c1. The molecule has 5 nitrogen and oxygen atoms in total. The molecule has 1 unspecified atom stereocenters. The number of carboxylic acids is 1. The van der Waals surface area contributed by atoms with Crippen molar-refractivity contribution in [2.75, 3.05) is 13.6 Å². The summed E-state index contributed by atoms with van der Waals surface area (Å²) in [6.07, 6.45) is 1.92. The minimum Gasteiger partial charge on any atom is -0.481 e. The molecule has 0 aliphatic heterocycles. The van der Waals surface area contributed by atoms with Crippen molar-refractivity contribution in [1.82, 2.24) is 14.7 Å². The van der Waals surface area contributed by atoms with Crippen LogP contribution in [0.25, 0.3) is 16.9 Å². The molecule has 1 heterocycles. The summed E-state index contributed by atoms with van der Waals surface area (Å²) in [5, 5.41) is 13.9. The molecule has 3 rings (SSSR count). The van der Waals surface area contributed by atoms with Crippen LogP contribution in [0.15, 0.2) is 54.7 Å². The first-order valence-electron chi connectivity index (χ1n) is 9.16. The highest BCUT2D eigenvalue weighted by molar-refractivity contribution is 5.69. The van der Waals surface area contributed by atoms with Crippen LogP contribution < -0.4 is 0 Å². The van der Waals surface area contributed by atoms with Gasteiger partial charge in [0.05, 0.1) is 17.3 Å². The third-order valence-electron chi connectivity index (χ3n) is 4.62. The van der Waals surface area contributed by atoms with Gasteiger partial charge in [-0.15, -0.1) is 0 Å². The molecule has 0 aliphatic rings. The number of aryl methyl sites for hydroxylation is 1. The van der Waals surface area contributed by atoms with Gasteiger partial charge in [0.25, 0.3) is 0 Å². The molecule has 0 saturated carbocycles. The largest absolute Gasteiger partial charge is 0.481 e. The highest BCUT2D eigenvalue weighted by atomic mass is 19.1. The predicted octanol–water partition coefficient (Wildman–Crippen LogP) is 4.14. The van der Waals surface area contributed by atoms with E-state index in [4.69, 9.17) is 10.2 Å². The first kappa shape index (κ1) is 19.8. The summed E-state index contributed by atoms with van der Waals surface area (Å²) in [6.45, 7) is 4.72. The number of aromatic nitrogens is 2. The summed E-state index contributed by atoms with van der Waals surface area (Å²) in [7, 11) is 1.90. The lowest BCUT2D eigenvalue weighted by Crippen LogP contribution is -2.28. The Bertz CT molecular complexity index is 966. The van der Waals surface area contributed by atoms with Gasteiger partial charge in [-0.2, -0.15) is 5.10 Å². The number of carboxylic acid groups (broad SMARTS) is 1. The van der Waals surface area contributed by atoms with E-state index >= 15 is 0 Å². The topological polar surface area (TPSA) is 58.4 Å². The average Bonchev–Trinajstić information content (AvgIpc) is 3.05. The van der Waals surface area contributed by atoms with Crippen molar-refractivity contribution < 1.29 is 14.3 Å². The molecule has 1 aromatic heterocycles. The molecule has 146 valence electrons. The maximum atomic E-state index is 13.3. The van der Waals surface area contributed by atoms with Gasteiger partial charge in [-0.3, -0.25) is 4.79 Å². The van der Waals surface area contributed by atoms with Crippen LogP contribution in [0.1, 0.15) is 18.1 Å². The molecule has 3 aromatic rings. The first-order valence-corrected chi connectivity index (χ1v) is 9.16. The zero-order valence-electron chi connectivity index (χ0n) is 16.3. The molecule has 0 fully saturated rings. The highest BCUT2D eigenvalue weighted by Crippen LogP contribution is 2.26. The van der Waals surface area contributed by atoms with Gasteiger partial charge in [-0.25, -0.2) is 9.07 Å². The summed E-state index contributed by atoms with van der Waals surface area (Å²) >= 11 is 0. The van der Waals surface area contributed by atoms with Crippen molar-refractivity contribution in [3.63, 3.8) is 0 Å². The first-order chi connectivity index (χ1) is 13.3. The Morgan fingerprint density at radius 3 is 2.61 bits per heavy atom. The third-order valence-corrected chi connectivity index (χ3v) is 4.62. The Kier molecular flexibility index (Phi) is 5.90. The van der Waals surface area contributed by atoms with Gasteiger partial charge in [0.15, 0.2) is 0 Å². The van der Waals surface area contributed by atoms with E-state index in [2.05, 4.69) is 6.07 Å². The van der Waals surface area contributed by atoms with E-state index in [1.165, 1.54) is 12.1 Å². The van der Waals surface area contributed by atoms with Crippen LogP contribution in [0.3, 0.4) is 0 Å². The van der Waals surface area contributed by atoms with Crippen LogP contribution in [-0.2, 0) is 11.3 Å². The number of benzene rings is 2. The fraction of sp³-hybridized carbons (Fsp3) is 0.273. The zero-order valence-corrected chi connectivity index (χ0v) is 16.3. The third kappa shape index (κ3) is 4.64.